The molecule has 0 spiro atoms. The Morgan fingerprint density at radius 3 is 2.50 bits per heavy atom. The predicted octanol–water partition coefficient (Wildman–Crippen LogP) is 2.99. The second kappa shape index (κ2) is 8.03. The van der Waals surface area contributed by atoms with E-state index < -0.39 is 11.3 Å². The quantitative estimate of drug-likeness (QED) is 0.599. The molecule has 1 aromatic rings. The van der Waals surface area contributed by atoms with Crippen LogP contribution in [0, 0.1) is 5.41 Å². The number of hydrogen-bond donors (Lipinski definition) is 2. The minimum Gasteiger partial charge on any atom is -0.369 e. The van der Waals surface area contributed by atoms with Crippen LogP contribution in [0.5, 0.6) is 0 Å². The maximum absolute atomic E-state index is 12.3. The minimum atomic E-state index is -0.764. The van der Waals surface area contributed by atoms with Gasteiger partial charge in [0.25, 0.3) is 5.91 Å². The number of hydrogen-bond acceptors (Lipinski definition) is 3. The summed E-state index contributed by atoms with van der Waals surface area (Å²) in [7, 11) is 0. The molecule has 4 nitrogen and oxygen atoms in total. The number of benzene rings is 1. The van der Waals surface area contributed by atoms with Crippen molar-refractivity contribution in [2.45, 2.75) is 32.6 Å². The number of nitrogens with two attached hydrogens (primary N) is 1. The first-order valence-corrected chi connectivity index (χ1v) is 8.16. The van der Waals surface area contributed by atoms with E-state index in [4.69, 9.17) is 5.73 Å². The lowest BCUT2D eigenvalue weighted by atomic mass is 9.92. The Labute approximate surface area is 136 Å². The first-order chi connectivity index (χ1) is 10.2. The van der Waals surface area contributed by atoms with Crippen LogP contribution in [0.15, 0.2) is 40.8 Å². The second-order valence-electron chi connectivity index (χ2n) is 6.02. The van der Waals surface area contributed by atoms with Crippen LogP contribution in [0.3, 0.4) is 0 Å². The number of amides is 2. The third-order valence-corrected chi connectivity index (χ3v) is 4.22. The van der Waals surface area contributed by atoms with E-state index in [1.165, 1.54) is 5.57 Å². The Bertz CT molecular complexity index is 576. The largest absolute Gasteiger partial charge is 0.369 e. The van der Waals surface area contributed by atoms with Crippen molar-refractivity contribution in [2.75, 3.05) is 12.3 Å². The molecule has 0 unspecified atom stereocenters. The van der Waals surface area contributed by atoms with Crippen molar-refractivity contribution < 1.29 is 9.59 Å². The van der Waals surface area contributed by atoms with Crippen molar-refractivity contribution in [3.05, 3.63) is 41.5 Å². The molecule has 0 aromatic heterocycles. The molecular formula is C17H24N2O2S. The zero-order valence-corrected chi connectivity index (χ0v) is 14.4. The Morgan fingerprint density at radius 2 is 1.91 bits per heavy atom. The van der Waals surface area contributed by atoms with Crippen LogP contribution in [0.2, 0.25) is 0 Å². The van der Waals surface area contributed by atoms with E-state index in [1.807, 2.05) is 32.0 Å². The highest BCUT2D eigenvalue weighted by Gasteiger charge is 2.26. The molecule has 120 valence electrons. The fourth-order valence-electron chi connectivity index (χ4n) is 1.56. The maximum Gasteiger partial charge on any atom is 0.252 e. The van der Waals surface area contributed by atoms with E-state index in [9.17, 15) is 9.59 Å². The molecule has 1 aromatic carbocycles. The molecule has 0 saturated carbocycles. The van der Waals surface area contributed by atoms with E-state index in [2.05, 4.69) is 11.4 Å². The molecular weight excluding hydrogens is 296 g/mol. The van der Waals surface area contributed by atoms with Crippen molar-refractivity contribution in [3.63, 3.8) is 0 Å². The fraction of sp³-hybridized carbons (Fsp3) is 0.412. The predicted molar refractivity (Wildman–Crippen MR) is 91.9 cm³/mol. The van der Waals surface area contributed by atoms with Gasteiger partial charge in [-0.2, -0.15) is 0 Å². The number of nitrogens with one attached hydrogen (secondary N) is 1. The Hall–Kier alpha value is -1.75. The Kier molecular flexibility index (Phi) is 6.68. The molecule has 0 saturated heterocycles. The van der Waals surface area contributed by atoms with Crippen LogP contribution >= 0.6 is 11.8 Å². The standard InChI is InChI=1S/C17H24N2O2S/c1-12(2)9-10-22-14-8-6-5-7-13(14)15(20)19-11-17(3,4)16(18)21/h5-9H,10-11H2,1-4H3,(H2,18,21)(H,19,20). The summed E-state index contributed by atoms with van der Waals surface area (Å²) in [5, 5.41) is 2.79. The van der Waals surface area contributed by atoms with Gasteiger partial charge in [-0.05, 0) is 39.8 Å². The molecule has 0 radical (unpaired) electrons. The molecule has 0 aliphatic carbocycles. The molecule has 22 heavy (non-hydrogen) atoms. The smallest absolute Gasteiger partial charge is 0.252 e. The van der Waals surface area contributed by atoms with Crippen molar-refractivity contribution in [1.29, 1.82) is 0 Å². The topological polar surface area (TPSA) is 72.2 Å². The van der Waals surface area contributed by atoms with Crippen molar-refractivity contribution in [1.82, 2.24) is 5.32 Å². The monoisotopic (exact) mass is 320 g/mol. The van der Waals surface area contributed by atoms with Gasteiger partial charge in [0.2, 0.25) is 5.91 Å². The van der Waals surface area contributed by atoms with Crippen LogP contribution in [0.1, 0.15) is 38.1 Å². The highest BCUT2D eigenvalue weighted by Crippen LogP contribution is 2.23. The molecule has 2 amide bonds. The van der Waals surface area contributed by atoms with E-state index >= 15 is 0 Å². The molecule has 0 fully saturated rings. The van der Waals surface area contributed by atoms with Gasteiger partial charge in [0.1, 0.15) is 0 Å². The second-order valence-corrected chi connectivity index (χ2v) is 7.08. The van der Waals surface area contributed by atoms with Crippen LogP contribution in [-0.4, -0.2) is 24.1 Å². The number of rotatable bonds is 7. The van der Waals surface area contributed by atoms with Gasteiger partial charge in [-0.3, -0.25) is 9.59 Å². The van der Waals surface area contributed by atoms with Gasteiger partial charge >= 0.3 is 0 Å². The van der Waals surface area contributed by atoms with Crippen LogP contribution in [0.25, 0.3) is 0 Å². The van der Waals surface area contributed by atoms with E-state index in [0.29, 0.717) is 5.56 Å². The average molecular weight is 320 g/mol. The molecule has 5 heteroatoms. The molecule has 0 heterocycles. The third kappa shape index (κ3) is 5.56. The van der Waals surface area contributed by atoms with Gasteiger partial charge in [-0.1, -0.05) is 23.8 Å². The van der Waals surface area contributed by atoms with Gasteiger partial charge in [0, 0.05) is 17.2 Å². The lowest BCUT2D eigenvalue weighted by Gasteiger charge is -2.21. The highest BCUT2D eigenvalue weighted by molar-refractivity contribution is 7.99. The first kappa shape index (κ1) is 18.3. The molecule has 0 bridgehead atoms. The molecule has 0 aliphatic heterocycles. The van der Waals surface area contributed by atoms with Gasteiger partial charge in [-0.15, -0.1) is 11.8 Å². The first-order valence-electron chi connectivity index (χ1n) is 7.17. The van der Waals surface area contributed by atoms with Crippen LogP contribution in [0.4, 0.5) is 0 Å². The van der Waals surface area contributed by atoms with Crippen LogP contribution < -0.4 is 11.1 Å². The summed E-state index contributed by atoms with van der Waals surface area (Å²) in [6.45, 7) is 7.74. The van der Waals surface area contributed by atoms with Gasteiger partial charge in [0.05, 0.1) is 11.0 Å². The van der Waals surface area contributed by atoms with Crippen LogP contribution in [-0.2, 0) is 4.79 Å². The summed E-state index contributed by atoms with van der Waals surface area (Å²) in [5.74, 6) is 0.202. The van der Waals surface area contributed by atoms with Crippen molar-refractivity contribution in [3.8, 4) is 0 Å². The summed E-state index contributed by atoms with van der Waals surface area (Å²) in [4.78, 5) is 24.6. The molecule has 1 rings (SSSR count). The van der Waals surface area contributed by atoms with Gasteiger partial charge in [0.15, 0.2) is 0 Å². The minimum absolute atomic E-state index is 0.186. The lowest BCUT2D eigenvalue weighted by Crippen LogP contribution is -2.42. The third-order valence-electron chi connectivity index (χ3n) is 3.22. The fourth-order valence-corrected chi connectivity index (χ4v) is 2.65. The summed E-state index contributed by atoms with van der Waals surface area (Å²) >= 11 is 1.61. The molecule has 0 atom stereocenters. The number of carbonyl (C=O) groups is 2. The number of primary amides is 1. The number of allylic oxidation sites excluding steroid dienone is 1. The van der Waals surface area contributed by atoms with E-state index in [-0.39, 0.29) is 12.5 Å². The molecule has 0 aliphatic rings. The van der Waals surface area contributed by atoms with E-state index in [0.717, 1.165) is 10.6 Å². The summed E-state index contributed by atoms with van der Waals surface area (Å²) in [5.41, 5.74) is 6.42. The summed E-state index contributed by atoms with van der Waals surface area (Å²) in [6.07, 6.45) is 2.12. The summed E-state index contributed by atoms with van der Waals surface area (Å²) in [6, 6.07) is 7.46. The maximum atomic E-state index is 12.3. The zero-order chi connectivity index (χ0) is 16.8. The Balaban J connectivity index is 2.77. The SMILES string of the molecule is CC(C)=CCSc1ccccc1C(=O)NCC(C)(C)C(N)=O. The lowest BCUT2D eigenvalue weighted by molar-refractivity contribution is -0.125. The average Bonchev–Trinajstić information content (AvgIpc) is 2.45. The van der Waals surface area contributed by atoms with Gasteiger partial charge < -0.3 is 11.1 Å². The number of carbonyl (C=O) groups excluding carboxylic acids is 2. The summed E-state index contributed by atoms with van der Waals surface area (Å²) < 4.78 is 0. The normalized spacial score (nSPS) is 10.9. The van der Waals surface area contributed by atoms with Crippen molar-refractivity contribution >= 4 is 23.6 Å². The molecule has 3 N–H and O–H groups in total. The van der Waals surface area contributed by atoms with E-state index in [1.54, 1.807) is 31.7 Å². The van der Waals surface area contributed by atoms with Crippen molar-refractivity contribution in [2.24, 2.45) is 11.1 Å². The Morgan fingerprint density at radius 1 is 1.27 bits per heavy atom. The number of thioether (sulfide) groups is 1. The van der Waals surface area contributed by atoms with Gasteiger partial charge in [-0.25, -0.2) is 0 Å². The zero-order valence-electron chi connectivity index (χ0n) is 13.6. The highest BCUT2D eigenvalue weighted by atomic mass is 32.2.